The van der Waals surface area contributed by atoms with Gasteiger partial charge in [-0.25, -0.2) is 4.98 Å². The zero-order valence-corrected chi connectivity index (χ0v) is 14.4. The summed E-state index contributed by atoms with van der Waals surface area (Å²) >= 11 is 3.73. The van der Waals surface area contributed by atoms with Crippen LogP contribution >= 0.6 is 22.7 Å². The van der Waals surface area contributed by atoms with Crippen LogP contribution in [0.4, 0.5) is 5.13 Å². The zero-order valence-electron chi connectivity index (χ0n) is 12.8. The molecule has 5 heteroatoms. The highest BCUT2D eigenvalue weighted by Gasteiger charge is 2.24. The van der Waals surface area contributed by atoms with Gasteiger partial charge in [-0.2, -0.15) is 0 Å². The van der Waals surface area contributed by atoms with Crippen molar-refractivity contribution in [2.45, 2.75) is 38.6 Å². The van der Waals surface area contributed by atoms with Gasteiger partial charge in [-0.05, 0) is 43.7 Å². The van der Waals surface area contributed by atoms with Crippen molar-refractivity contribution in [3.05, 3.63) is 33.0 Å². The minimum atomic E-state index is 0.467. The Morgan fingerprint density at radius 2 is 2.38 bits per heavy atom. The minimum Gasteiger partial charge on any atom is -0.351 e. The van der Waals surface area contributed by atoms with Crippen LogP contribution in [0, 0.1) is 0 Å². The second-order valence-electron chi connectivity index (χ2n) is 5.56. The molecule has 0 bridgehead atoms. The summed E-state index contributed by atoms with van der Waals surface area (Å²) in [5.41, 5.74) is 1.31. The van der Waals surface area contributed by atoms with Crippen LogP contribution in [0.2, 0.25) is 0 Å². The molecular formula is C16H23N3S2. The first-order valence-corrected chi connectivity index (χ1v) is 9.44. The molecule has 1 aliphatic carbocycles. The van der Waals surface area contributed by atoms with Crippen LogP contribution in [0.3, 0.4) is 0 Å². The molecule has 1 atom stereocenters. The molecule has 3 nitrogen and oxygen atoms in total. The van der Waals surface area contributed by atoms with Gasteiger partial charge in [-0.15, -0.1) is 22.7 Å². The van der Waals surface area contributed by atoms with Crippen LogP contribution < -0.4 is 10.2 Å². The van der Waals surface area contributed by atoms with Crippen molar-refractivity contribution < 1.29 is 0 Å². The third kappa shape index (κ3) is 3.47. The van der Waals surface area contributed by atoms with Crippen molar-refractivity contribution in [1.29, 1.82) is 0 Å². The van der Waals surface area contributed by atoms with E-state index in [9.17, 15) is 0 Å². The number of fused-ring (bicyclic) bond motifs is 1. The van der Waals surface area contributed by atoms with Gasteiger partial charge < -0.3 is 10.2 Å². The molecule has 1 unspecified atom stereocenters. The summed E-state index contributed by atoms with van der Waals surface area (Å²) in [6, 6.07) is 4.81. The summed E-state index contributed by atoms with van der Waals surface area (Å²) < 4.78 is 0. The molecule has 0 saturated heterocycles. The van der Waals surface area contributed by atoms with Crippen LogP contribution in [0.25, 0.3) is 0 Å². The molecule has 114 valence electrons. The molecule has 0 aromatic carbocycles. The van der Waals surface area contributed by atoms with Crippen molar-refractivity contribution in [2.75, 3.05) is 25.0 Å². The van der Waals surface area contributed by atoms with Crippen LogP contribution in [0.15, 0.2) is 17.5 Å². The molecule has 0 aliphatic heterocycles. The molecule has 21 heavy (non-hydrogen) atoms. The molecule has 1 N–H and O–H groups in total. The van der Waals surface area contributed by atoms with Gasteiger partial charge in [0.15, 0.2) is 5.13 Å². The standard InChI is InChI=1S/C16H23N3S2/c1-3-17-13-7-4-8-14-15(13)18-16(21-14)19(2)10-9-12-6-5-11-20-12/h5-6,11,13,17H,3-4,7-10H2,1-2H3. The van der Waals surface area contributed by atoms with Gasteiger partial charge in [0.1, 0.15) is 0 Å². The first-order chi connectivity index (χ1) is 10.3. The lowest BCUT2D eigenvalue weighted by Gasteiger charge is -2.21. The minimum absolute atomic E-state index is 0.467. The predicted octanol–water partition coefficient (Wildman–Crippen LogP) is 3.87. The van der Waals surface area contributed by atoms with E-state index in [1.807, 2.05) is 22.7 Å². The summed E-state index contributed by atoms with van der Waals surface area (Å²) in [5, 5.41) is 6.91. The molecular weight excluding hydrogens is 298 g/mol. The number of hydrogen-bond donors (Lipinski definition) is 1. The van der Waals surface area contributed by atoms with Crippen molar-refractivity contribution in [3.8, 4) is 0 Å². The van der Waals surface area contributed by atoms with E-state index in [2.05, 4.69) is 41.7 Å². The highest BCUT2D eigenvalue weighted by atomic mass is 32.1. The molecule has 0 radical (unpaired) electrons. The van der Waals surface area contributed by atoms with Crippen molar-refractivity contribution in [2.24, 2.45) is 0 Å². The molecule has 3 rings (SSSR count). The largest absolute Gasteiger partial charge is 0.351 e. The maximum Gasteiger partial charge on any atom is 0.185 e. The van der Waals surface area contributed by atoms with E-state index >= 15 is 0 Å². The average molecular weight is 322 g/mol. The summed E-state index contributed by atoms with van der Waals surface area (Å²) in [6.07, 6.45) is 4.82. The number of rotatable bonds is 6. The molecule has 0 fully saturated rings. The molecule has 2 aromatic heterocycles. The highest BCUT2D eigenvalue weighted by molar-refractivity contribution is 7.15. The van der Waals surface area contributed by atoms with Crippen LogP contribution in [-0.4, -0.2) is 25.1 Å². The third-order valence-electron chi connectivity index (χ3n) is 3.99. The van der Waals surface area contributed by atoms with Gasteiger partial charge in [0.25, 0.3) is 0 Å². The SMILES string of the molecule is CCNC1CCCc2sc(N(C)CCc3cccs3)nc21. The maximum absolute atomic E-state index is 4.94. The number of thiophene rings is 1. The molecule has 0 amide bonds. The zero-order chi connectivity index (χ0) is 14.7. The number of likely N-dealkylation sites (N-methyl/N-ethyl adjacent to an activating group) is 1. The first-order valence-electron chi connectivity index (χ1n) is 7.74. The van der Waals surface area contributed by atoms with Gasteiger partial charge in [-0.1, -0.05) is 13.0 Å². The van der Waals surface area contributed by atoms with E-state index in [1.54, 1.807) is 0 Å². The molecule has 1 aliphatic rings. The first kappa shape index (κ1) is 15.0. The van der Waals surface area contributed by atoms with Crippen molar-refractivity contribution >= 4 is 27.8 Å². The Morgan fingerprint density at radius 3 is 3.14 bits per heavy atom. The van der Waals surface area contributed by atoms with Gasteiger partial charge >= 0.3 is 0 Å². The summed E-state index contributed by atoms with van der Waals surface area (Å²) in [4.78, 5) is 10.2. The predicted molar refractivity (Wildman–Crippen MR) is 92.8 cm³/mol. The van der Waals surface area contributed by atoms with E-state index in [4.69, 9.17) is 4.98 Å². The quantitative estimate of drug-likeness (QED) is 0.875. The lowest BCUT2D eigenvalue weighted by atomic mass is 9.98. The molecule has 2 aromatic rings. The number of aryl methyl sites for hydroxylation is 1. The van der Waals surface area contributed by atoms with E-state index in [-0.39, 0.29) is 0 Å². The Morgan fingerprint density at radius 1 is 1.48 bits per heavy atom. The lowest BCUT2D eigenvalue weighted by Crippen LogP contribution is -2.25. The number of nitrogens with zero attached hydrogens (tertiary/aromatic N) is 2. The topological polar surface area (TPSA) is 28.2 Å². The maximum atomic E-state index is 4.94. The van der Waals surface area contributed by atoms with E-state index in [0.29, 0.717) is 6.04 Å². The van der Waals surface area contributed by atoms with Crippen LogP contribution in [-0.2, 0) is 12.8 Å². The normalized spacial score (nSPS) is 17.7. The Bertz CT molecular complexity index is 562. The third-order valence-corrected chi connectivity index (χ3v) is 6.18. The fourth-order valence-electron chi connectivity index (χ4n) is 2.84. The summed E-state index contributed by atoms with van der Waals surface area (Å²) in [6.45, 7) is 4.23. The number of thiazole rings is 1. The van der Waals surface area contributed by atoms with Gasteiger partial charge in [0, 0.05) is 23.3 Å². The Labute approximate surface area is 135 Å². The Kier molecular flexibility index (Phi) is 4.93. The summed E-state index contributed by atoms with van der Waals surface area (Å²) in [5.74, 6) is 0. The van der Waals surface area contributed by atoms with Crippen molar-refractivity contribution in [1.82, 2.24) is 10.3 Å². The van der Waals surface area contributed by atoms with Crippen LogP contribution in [0.5, 0.6) is 0 Å². The fraction of sp³-hybridized carbons (Fsp3) is 0.562. The lowest BCUT2D eigenvalue weighted by molar-refractivity contribution is 0.465. The number of nitrogens with one attached hydrogen (secondary N) is 1. The van der Waals surface area contributed by atoms with Crippen LogP contribution in [0.1, 0.15) is 41.3 Å². The van der Waals surface area contributed by atoms with E-state index in [1.165, 1.54) is 39.8 Å². The fourth-order valence-corrected chi connectivity index (χ4v) is 4.69. The van der Waals surface area contributed by atoms with Gasteiger partial charge in [-0.3, -0.25) is 0 Å². The second kappa shape index (κ2) is 6.90. The second-order valence-corrected chi connectivity index (χ2v) is 7.65. The number of aromatic nitrogens is 1. The van der Waals surface area contributed by atoms with E-state index < -0.39 is 0 Å². The van der Waals surface area contributed by atoms with Crippen molar-refractivity contribution in [3.63, 3.8) is 0 Å². The van der Waals surface area contributed by atoms with Gasteiger partial charge in [0.2, 0.25) is 0 Å². The number of anilines is 1. The number of hydrogen-bond acceptors (Lipinski definition) is 5. The monoisotopic (exact) mass is 321 g/mol. The summed E-state index contributed by atoms with van der Waals surface area (Å²) in [7, 11) is 2.17. The highest BCUT2D eigenvalue weighted by Crippen LogP contribution is 2.36. The Hall–Kier alpha value is -0.910. The van der Waals surface area contributed by atoms with Gasteiger partial charge in [0.05, 0.1) is 11.7 Å². The smallest absolute Gasteiger partial charge is 0.185 e. The average Bonchev–Trinajstić information content (AvgIpc) is 3.14. The Balaban J connectivity index is 1.68. The molecule has 0 spiro atoms. The van der Waals surface area contributed by atoms with E-state index in [0.717, 1.165) is 19.5 Å². The molecule has 0 saturated carbocycles. The molecule has 2 heterocycles.